The lowest BCUT2D eigenvalue weighted by atomic mass is 9.78. The fraction of sp³-hybridized carbons (Fsp3) is 0.318. The summed E-state index contributed by atoms with van der Waals surface area (Å²) in [5.41, 5.74) is 12.7. The summed E-state index contributed by atoms with van der Waals surface area (Å²) in [7, 11) is 0. The van der Waals surface area contributed by atoms with Crippen LogP contribution in [0.15, 0.2) is 67.8 Å². The molecule has 0 aliphatic rings. The molecule has 0 heterocycles. The van der Waals surface area contributed by atoms with Crippen molar-refractivity contribution in [3.8, 4) is 45.3 Å². The Balaban J connectivity index is 1.71. The first kappa shape index (κ1) is 36.1. The van der Waals surface area contributed by atoms with E-state index < -0.39 is 5.41 Å². The number of benzene rings is 4. The predicted octanol–water partition coefficient (Wildman–Crippen LogP) is 10.9. The molecule has 0 aliphatic heterocycles. The van der Waals surface area contributed by atoms with Crippen molar-refractivity contribution in [2.45, 2.75) is 93.4 Å². The zero-order valence-corrected chi connectivity index (χ0v) is 30.2. The minimum Gasteiger partial charge on any atom is -0.507 e. The highest BCUT2D eigenvalue weighted by Crippen LogP contribution is 2.46. The Morgan fingerprint density at radius 2 is 1.10 bits per heavy atom. The van der Waals surface area contributed by atoms with Gasteiger partial charge >= 0.3 is 0 Å². The van der Waals surface area contributed by atoms with Crippen LogP contribution in [0.1, 0.15) is 81.5 Å². The van der Waals surface area contributed by atoms with Gasteiger partial charge in [-0.1, -0.05) is 50.3 Å². The molecule has 4 aromatic rings. The van der Waals surface area contributed by atoms with E-state index in [9.17, 15) is 20.4 Å². The molecule has 48 heavy (non-hydrogen) atoms. The molecule has 4 heteroatoms. The van der Waals surface area contributed by atoms with Gasteiger partial charge in [0, 0.05) is 33.4 Å². The van der Waals surface area contributed by atoms with Crippen LogP contribution in [0.5, 0.6) is 23.0 Å². The molecule has 0 saturated carbocycles. The second-order valence-corrected chi connectivity index (χ2v) is 14.0. The second kappa shape index (κ2) is 14.2. The smallest absolute Gasteiger partial charge is 0.127 e. The van der Waals surface area contributed by atoms with E-state index in [1.165, 1.54) is 0 Å². The third-order valence-corrected chi connectivity index (χ3v) is 10.1. The zero-order valence-electron chi connectivity index (χ0n) is 30.2. The molecule has 4 rings (SSSR count). The molecule has 252 valence electrons. The Morgan fingerprint density at radius 3 is 1.65 bits per heavy atom. The van der Waals surface area contributed by atoms with Crippen LogP contribution >= 0.6 is 0 Å². The monoisotopic (exact) mass is 644 g/mol. The third kappa shape index (κ3) is 6.80. The molecule has 0 bridgehead atoms. The number of aryl methyl sites for hydroxylation is 5. The van der Waals surface area contributed by atoms with E-state index >= 15 is 0 Å². The molecule has 0 radical (unpaired) electrons. The first-order chi connectivity index (χ1) is 22.5. The first-order valence-corrected chi connectivity index (χ1v) is 16.7. The molecule has 4 aromatic carbocycles. The summed E-state index contributed by atoms with van der Waals surface area (Å²) in [6.07, 6.45) is 9.93. The highest BCUT2D eigenvalue weighted by molar-refractivity contribution is 5.84. The number of aromatic hydroxyl groups is 4. The molecule has 0 saturated heterocycles. The van der Waals surface area contributed by atoms with E-state index in [-0.39, 0.29) is 23.0 Å². The van der Waals surface area contributed by atoms with Gasteiger partial charge in [0.2, 0.25) is 0 Å². The second-order valence-electron chi connectivity index (χ2n) is 14.0. The maximum absolute atomic E-state index is 11.7. The van der Waals surface area contributed by atoms with Crippen LogP contribution in [0.4, 0.5) is 0 Å². The summed E-state index contributed by atoms with van der Waals surface area (Å²) in [5, 5.41) is 45.5. The van der Waals surface area contributed by atoms with Crippen molar-refractivity contribution in [2.24, 2.45) is 0 Å². The first-order valence-electron chi connectivity index (χ1n) is 16.7. The van der Waals surface area contributed by atoms with Crippen LogP contribution in [-0.2, 0) is 24.7 Å². The molecule has 0 unspecified atom stereocenters. The van der Waals surface area contributed by atoms with E-state index in [1.54, 1.807) is 18.2 Å². The van der Waals surface area contributed by atoms with Crippen LogP contribution in [0.2, 0.25) is 0 Å². The Kier molecular flexibility index (Phi) is 10.7. The van der Waals surface area contributed by atoms with E-state index in [0.29, 0.717) is 36.8 Å². The van der Waals surface area contributed by atoms with Crippen molar-refractivity contribution in [3.05, 3.63) is 129 Å². The number of hydrogen-bond acceptors (Lipinski definition) is 4. The maximum atomic E-state index is 11.7. The standard InChI is InChI=1S/C44H52O4/c1-12-16-32-23-33(40-31(9)30(8)25(3)22-37(40)45)24-36(41(32)46)44(10,11)19-15-14-18-35-27(5)21-29(7)39(43(35)48)38-28(6)20-26(4)34(17-13-2)42(38)47/h12-15,20-24,45-48H,1-2,16-19H2,3-11H3/b15-14+. The van der Waals surface area contributed by atoms with Crippen molar-refractivity contribution < 1.29 is 20.4 Å². The molecule has 4 N–H and O–H groups in total. The van der Waals surface area contributed by atoms with Crippen molar-refractivity contribution >= 4 is 0 Å². The lowest BCUT2D eigenvalue weighted by molar-refractivity contribution is 0.431. The van der Waals surface area contributed by atoms with Gasteiger partial charge in [0.25, 0.3) is 0 Å². The highest BCUT2D eigenvalue weighted by atomic mass is 16.3. The van der Waals surface area contributed by atoms with E-state index in [2.05, 4.69) is 58.2 Å². The molecule has 0 spiro atoms. The molecule has 0 fully saturated rings. The number of hydrogen-bond donors (Lipinski definition) is 4. The Hall–Kier alpha value is -4.70. The van der Waals surface area contributed by atoms with Gasteiger partial charge in [-0.25, -0.2) is 0 Å². The largest absolute Gasteiger partial charge is 0.507 e. The van der Waals surface area contributed by atoms with Gasteiger partial charge in [-0.15, -0.1) is 13.2 Å². The van der Waals surface area contributed by atoms with E-state index in [4.69, 9.17) is 0 Å². The Bertz CT molecular complexity index is 1940. The van der Waals surface area contributed by atoms with E-state index in [0.717, 1.165) is 72.3 Å². The predicted molar refractivity (Wildman–Crippen MR) is 202 cm³/mol. The average molecular weight is 645 g/mol. The van der Waals surface area contributed by atoms with Gasteiger partial charge in [-0.2, -0.15) is 0 Å². The maximum Gasteiger partial charge on any atom is 0.127 e. The summed E-state index contributed by atoms with van der Waals surface area (Å²) in [6.45, 7) is 26.0. The molecule has 0 atom stereocenters. The quantitative estimate of drug-likeness (QED) is 0.122. The number of phenols is 4. The Morgan fingerprint density at radius 1 is 0.562 bits per heavy atom. The van der Waals surface area contributed by atoms with Gasteiger partial charge in [0.1, 0.15) is 23.0 Å². The van der Waals surface area contributed by atoms with Crippen LogP contribution in [0.3, 0.4) is 0 Å². The van der Waals surface area contributed by atoms with Crippen molar-refractivity contribution in [1.82, 2.24) is 0 Å². The molecule has 4 nitrogen and oxygen atoms in total. The van der Waals surface area contributed by atoms with Crippen LogP contribution in [0, 0.1) is 48.5 Å². The van der Waals surface area contributed by atoms with Crippen LogP contribution in [-0.4, -0.2) is 20.4 Å². The van der Waals surface area contributed by atoms with Crippen LogP contribution in [0.25, 0.3) is 22.3 Å². The Labute approximate surface area is 287 Å². The minimum atomic E-state index is -0.447. The summed E-state index contributed by atoms with van der Waals surface area (Å²) in [6, 6.07) is 9.90. The summed E-state index contributed by atoms with van der Waals surface area (Å²) < 4.78 is 0. The topological polar surface area (TPSA) is 80.9 Å². The lowest BCUT2D eigenvalue weighted by Crippen LogP contribution is -2.17. The van der Waals surface area contributed by atoms with Crippen LogP contribution < -0.4 is 0 Å². The molecule has 0 amide bonds. The van der Waals surface area contributed by atoms with E-state index in [1.807, 2.05) is 53.7 Å². The summed E-state index contributed by atoms with van der Waals surface area (Å²) in [5.74, 6) is 0.860. The normalized spacial score (nSPS) is 11.8. The molecular weight excluding hydrogens is 592 g/mol. The van der Waals surface area contributed by atoms with Gasteiger partial charge < -0.3 is 20.4 Å². The summed E-state index contributed by atoms with van der Waals surface area (Å²) >= 11 is 0. The third-order valence-electron chi connectivity index (χ3n) is 10.1. The number of phenolic OH excluding ortho intramolecular Hbond substituents is 4. The SMILES string of the molecule is C=CCc1cc(-c2c(O)cc(C)c(C)c2C)cc(C(C)(C)C/C=C/Cc2c(C)cc(C)c(-c3c(C)cc(C)c(CC=C)c3O)c2O)c1O. The molecule has 0 aliphatic carbocycles. The van der Waals surface area contributed by atoms with Gasteiger partial charge in [0.15, 0.2) is 0 Å². The number of rotatable bonds is 11. The van der Waals surface area contributed by atoms with Gasteiger partial charge in [-0.05, 0) is 148 Å². The minimum absolute atomic E-state index is 0.186. The summed E-state index contributed by atoms with van der Waals surface area (Å²) in [4.78, 5) is 0. The van der Waals surface area contributed by atoms with Crippen molar-refractivity contribution in [1.29, 1.82) is 0 Å². The fourth-order valence-electron chi connectivity index (χ4n) is 7.09. The highest BCUT2D eigenvalue weighted by Gasteiger charge is 2.27. The van der Waals surface area contributed by atoms with Crippen molar-refractivity contribution in [2.75, 3.05) is 0 Å². The zero-order chi connectivity index (χ0) is 35.7. The van der Waals surface area contributed by atoms with Gasteiger partial charge in [0.05, 0.1) is 0 Å². The fourth-order valence-corrected chi connectivity index (χ4v) is 7.09. The lowest BCUT2D eigenvalue weighted by Gasteiger charge is -2.27. The average Bonchev–Trinajstić information content (AvgIpc) is 3.00. The molecular formula is C44H52O4. The molecule has 0 aromatic heterocycles. The van der Waals surface area contributed by atoms with Gasteiger partial charge in [-0.3, -0.25) is 0 Å². The number of allylic oxidation sites excluding steroid dienone is 4. The van der Waals surface area contributed by atoms with Crippen molar-refractivity contribution in [3.63, 3.8) is 0 Å².